The lowest BCUT2D eigenvalue weighted by Crippen LogP contribution is -2.06. The van der Waals surface area contributed by atoms with E-state index in [1.807, 2.05) is 18.2 Å². The van der Waals surface area contributed by atoms with Crippen molar-refractivity contribution in [2.75, 3.05) is 6.61 Å². The van der Waals surface area contributed by atoms with Crippen LogP contribution in [0.3, 0.4) is 0 Å². The maximum atomic E-state index is 13.1. The van der Waals surface area contributed by atoms with Crippen molar-refractivity contribution >= 4 is 28.5 Å². The van der Waals surface area contributed by atoms with E-state index < -0.39 is 18.1 Å². The zero-order valence-electron chi connectivity index (χ0n) is 13.2. The molecule has 0 spiro atoms. The van der Waals surface area contributed by atoms with Crippen LogP contribution in [-0.2, 0) is 11.3 Å². The number of fused-ring (bicyclic) bond motifs is 1. The number of aromatic nitrogens is 3. The number of carbonyl (C=O) groups excluding carboxylic acids is 1. The Morgan fingerprint density at radius 3 is 2.88 bits per heavy atom. The summed E-state index contributed by atoms with van der Waals surface area (Å²) in [4.78, 5) is 16.0. The minimum Gasteiger partial charge on any atom is -0.462 e. The average Bonchev–Trinajstić information content (AvgIpc) is 2.99. The highest BCUT2D eigenvalue weighted by atomic mass is 35.5. The largest absolute Gasteiger partial charge is 0.462 e. The molecule has 0 saturated carbocycles. The van der Waals surface area contributed by atoms with Gasteiger partial charge in [0.25, 0.3) is 6.43 Å². The van der Waals surface area contributed by atoms with Crippen LogP contribution in [0.15, 0.2) is 36.7 Å². The molecular weight excluding hydrogens is 352 g/mol. The standard InChI is InChI=1S/C17H14ClF2N3O2/c1-2-25-17(24)13-9-23(22-15(13)16(19)20)8-10-3-4-14-11(5-10)6-12(18)7-21-14/h3-7,9,16H,2,8H2,1H3. The number of hydrogen-bond donors (Lipinski definition) is 0. The summed E-state index contributed by atoms with van der Waals surface area (Å²) in [6, 6.07) is 7.24. The molecule has 25 heavy (non-hydrogen) atoms. The summed E-state index contributed by atoms with van der Waals surface area (Å²) in [5.41, 5.74) is 0.788. The number of nitrogens with zero attached hydrogens (tertiary/aromatic N) is 3. The lowest BCUT2D eigenvalue weighted by molar-refractivity contribution is 0.0515. The van der Waals surface area contributed by atoms with Gasteiger partial charge < -0.3 is 4.74 Å². The van der Waals surface area contributed by atoms with E-state index in [9.17, 15) is 13.6 Å². The Bertz CT molecular complexity index is 927. The third-order valence-electron chi connectivity index (χ3n) is 3.55. The molecule has 8 heteroatoms. The van der Waals surface area contributed by atoms with Crippen molar-refractivity contribution in [1.29, 1.82) is 0 Å². The summed E-state index contributed by atoms with van der Waals surface area (Å²) < 4.78 is 32.4. The van der Waals surface area contributed by atoms with E-state index in [4.69, 9.17) is 16.3 Å². The van der Waals surface area contributed by atoms with Crippen molar-refractivity contribution in [3.63, 3.8) is 0 Å². The Balaban J connectivity index is 1.92. The highest BCUT2D eigenvalue weighted by Gasteiger charge is 2.24. The number of ether oxygens (including phenoxy) is 1. The fraction of sp³-hybridized carbons (Fsp3) is 0.235. The van der Waals surface area contributed by atoms with Crippen molar-refractivity contribution in [2.24, 2.45) is 0 Å². The number of benzene rings is 1. The fourth-order valence-corrected chi connectivity index (χ4v) is 2.65. The van der Waals surface area contributed by atoms with Crippen LogP contribution < -0.4 is 0 Å². The first-order valence-corrected chi connectivity index (χ1v) is 7.92. The van der Waals surface area contributed by atoms with Crippen LogP contribution >= 0.6 is 11.6 Å². The number of esters is 1. The number of halogens is 3. The zero-order valence-corrected chi connectivity index (χ0v) is 14.0. The second kappa shape index (κ2) is 7.14. The lowest BCUT2D eigenvalue weighted by Gasteiger charge is -2.04. The molecule has 130 valence electrons. The Hall–Kier alpha value is -2.54. The molecule has 0 aliphatic rings. The second-order valence-electron chi connectivity index (χ2n) is 5.33. The monoisotopic (exact) mass is 365 g/mol. The van der Waals surface area contributed by atoms with Crippen molar-refractivity contribution in [1.82, 2.24) is 14.8 Å². The molecule has 0 N–H and O–H groups in total. The van der Waals surface area contributed by atoms with Gasteiger partial charge in [-0.05, 0) is 30.7 Å². The van der Waals surface area contributed by atoms with Crippen LogP contribution in [0.1, 0.15) is 35.0 Å². The normalized spacial score (nSPS) is 11.2. The number of pyridine rings is 1. The van der Waals surface area contributed by atoms with Crippen LogP contribution in [0.2, 0.25) is 5.02 Å². The summed E-state index contributed by atoms with van der Waals surface area (Å²) in [5.74, 6) is -0.807. The van der Waals surface area contributed by atoms with Gasteiger partial charge in [-0.25, -0.2) is 13.6 Å². The summed E-state index contributed by atoms with van der Waals surface area (Å²) in [5, 5.41) is 5.17. The zero-order chi connectivity index (χ0) is 18.0. The van der Waals surface area contributed by atoms with Crippen LogP contribution in [-0.4, -0.2) is 27.3 Å². The number of rotatable bonds is 5. The van der Waals surface area contributed by atoms with Gasteiger partial charge in [0.15, 0.2) is 0 Å². The SMILES string of the molecule is CCOC(=O)c1cn(Cc2ccc3ncc(Cl)cc3c2)nc1C(F)F. The third-order valence-corrected chi connectivity index (χ3v) is 3.76. The Kier molecular flexibility index (Phi) is 4.94. The number of alkyl halides is 2. The molecule has 0 fully saturated rings. The smallest absolute Gasteiger partial charge is 0.341 e. The molecule has 0 bridgehead atoms. The van der Waals surface area contributed by atoms with E-state index in [2.05, 4.69) is 10.1 Å². The molecule has 0 amide bonds. The molecule has 2 aromatic heterocycles. The minimum atomic E-state index is -2.86. The van der Waals surface area contributed by atoms with Crippen LogP contribution in [0.5, 0.6) is 0 Å². The highest BCUT2D eigenvalue weighted by molar-refractivity contribution is 6.31. The van der Waals surface area contributed by atoms with Crippen LogP contribution in [0.4, 0.5) is 8.78 Å². The molecule has 0 aliphatic heterocycles. The van der Waals surface area contributed by atoms with Gasteiger partial charge in [-0.1, -0.05) is 17.7 Å². The Morgan fingerprint density at radius 2 is 2.16 bits per heavy atom. The number of carbonyl (C=O) groups is 1. The predicted molar refractivity (Wildman–Crippen MR) is 89.0 cm³/mol. The third kappa shape index (κ3) is 3.76. The Labute approximate surface area is 147 Å². The van der Waals surface area contributed by atoms with Crippen molar-refractivity contribution in [3.05, 3.63) is 58.5 Å². The molecule has 0 atom stereocenters. The first-order valence-electron chi connectivity index (χ1n) is 7.54. The van der Waals surface area contributed by atoms with Gasteiger partial charge in [0, 0.05) is 17.8 Å². The summed E-state index contributed by atoms with van der Waals surface area (Å²) in [6.07, 6.45) is -0.0300. The van der Waals surface area contributed by atoms with Gasteiger partial charge in [-0.3, -0.25) is 9.67 Å². The van der Waals surface area contributed by atoms with Gasteiger partial charge >= 0.3 is 5.97 Å². The minimum absolute atomic E-state index is 0.102. The number of hydrogen-bond acceptors (Lipinski definition) is 4. The molecule has 2 heterocycles. The van der Waals surface area contributed by atoms with E-state index in [-0.39, 0.29) is 18.7 Å². The molecule has 0 saturated heterocycles. The summed E-state index contributed by atoms with van der Waals surface area (Å²) >= 11 is 5.94. The van der Waals surface area contributed by atoms with Gasteiger partial charge in [-0.15, -0.1) is 0 Å². The molecule has 1 aromatic carbocycles. The average molecular weight is 366 g/mol. The van der Waals surface area contributed by atoms with Gasteiger partial charge in [0.1, 0.15) is 11.3 Å². The molecule has 3 aromatic rings. The van der Waals surface area contributed by atoms with E-state index in [1.165, 1.54) is 10.9 Å². The van der Waals surface area contributed by atoms with Crippen LogP contribution in [0.25, 0.3) is 10.9 Å². The van der Waals surface area contributed by atoms with Gasteiger partial charge in [0.05, 0.1) is 23.7 Å². The molecule has 3 rings (SSSR count). The quantitative estimate of drug-likeness (QED) is 0.634. The summed E-state index contributed by atoms with van der Waals surface area (Å²) in [7, 11) is 0. The van der Waals surface area contributed by atoms with Crippen molar-refractivity contribution < 1.29 is 18.3 Å². The lowest BCUT2D eigenvalue weighted by atomic mass is 10.1. The topological polar surface area (TPSA) is 57.0 Å². The maximum absolute atomic E-state index is 13.1. The molecule has 0 unspecified atom stereocenters. The molecule has 0 radical (unpaired) electrons. The second-order valence-corrected chi connectivity index (χ2v) is 5.76. The molecule has 5 nitrogen and oxygen atoms in total. The van der Waals surface area contributed by atoms with E-state index in [1.54, 1.807) is 19.2 Å². The van der Waals surface area contributed by atoms with E-state index >= 15 is 0 Å². The molecular formula is C17H14ClF2N3O2. The van der Waals surface area contributed by atoms with E-state index in [0.29, 0.717) is 5.02 Å². The fourth-order valence-electron chi connectivity index (χ4n) is 2.48. The van der Waals surface area contributed by atoms with Gasteiger partial charge in [0.2, 0.25) is 0 Å². The van der Waals surface area contributed by atoms with Crippen molar-refractivity contribution in [2.45, 2.75) is 19.9 Å². The Morgan fingerprint density at radius 1 is 1.36 bits per heavy atom. The first kappa shape index (κ1) is 17.3. The van der Waals surface area contributed by atoms with E-state index in [0.717, 1.165) is 16.5 Å². The first-order chi connectivity index (χ1) is 12.0. The van der Waals surface area contributed by atoms with Gasteiger partial charge in [-0.2, -0.15) is 5.10 Å². The van der Waals surface area contributed by atoms with Crippen molar-refractivity contribution in [3.8, 4) is 0 Å². The molecule has 0 aliphatic carbocycles. The highest BCUT2D eigenvalue weighted by Crippen LogP contribution is 2.23. The van der Waals surface area contributed by atoms with Crippen LogP contribution in [0, 0.1) is 0 Å². The summed E-state index contributed by atoms with van der Waals surface area (Å²) in [6.45, 7) is 1.94. The maximum Gasteiger partial charge on any atom is 0.341 e. The predicted octanol–water partition coefficient (Wildman–Crippen LogP) is 4.25.